The van der Waals surface area contributed by atoms with Crippen LogP contribution < -0.4 is 10.3 Å². The van der Waals surface area contributed by atoms with Gasteiger partial charge in [0, 0.05) is 28.9 Å². The van der Waals surface area contributed by atoms with Gasteiger partial charge in [0.2, 0.25) is 10.0 Å². The molecular formula is C20H21N3O3S. The molecule has 3 saturated heterocycles. The summed E-state index contributed by atoms with van der Waals surface area (Å²) in [6, 6.07) is 12.1. The van der Waals surface area contributed by atoms with E-state index in [0.29, 0.717) is 16.8 Å². The fourth-order valence-electron chi connectivity index (χ4n) is 4.49. The molecule has 4 heterocycles. The Kier molecular flexibility index (Phi) is 3.86. The maximum Gasteiger partial charge on any atom is 0.256 e. The van der Waals surface area contributed by atoms with Crippen molar-refractivity contribution in [3.8, 4) is 0 Å². The summed E-state index contributed by atoms with van der Waals surface area (Å²) in [5.74, 6) is 0.419. The van der Waals surface area contributed by atoms with E-state index >= 15 is 0 Å². The van der Waals surface area contributed by atoms with Gasteiger partial charge >= 0.3 is 0 Å². The Hall–Kier alpha value is -2.22. The third kappa shape index (κ3) is 2.86. The molecule has 2 N–H and O–H groups in total. The van der Waals surface area contributed by atoms with Crippen LogP contribution in [0.15, 0.2) is 52.2 Å². The minimum Gasteiger partial charge on any atom is -0.321 e. The Morgan fingerprint density at radius 2 is 1.74 bits per heavy atom. The summed E-state index contributed by atoms with van der Waals surface area (Å²) >= 11 is 0. The zero-order valence-corrected chi connectivity index (χ0v) is 15.6. The average molecular weight is 383 g/mol. The number of H-pyrrole nitrogens is 1. The van der Waals surface area contributed by atoms with E-state index in [9.17, 15) is 13.2 Å². The molecule has 3 aromatic rings. The first kappa shape index (κ1) is 16.9. The van der Waals surface area contributed by atoms with Gasteiger partial charge in [0.25, 0.3) is 5.56 Å². The van der Waals surface area contributed by atoms with E-state index in [2.05, 4.69) is 14.6 Å². The normalized spacial score (nSPS) is 25.3. The molecule has 1 atom stereocenters. The average Bonchev–Trinajstić information content (AvgIpc) is 2.68. The summed E-state index contributed by atoms with van der Waals surface area (Å²) in [6.07, 6.45) is 2.10. The van der Waals surface area contributed by atoms with E-state index in [1.807, 2.05) is 12.1 Å². The van der Waals surface area contributed by atoms with Gasteiger partial charge in [0.05, 0.1) is 4.90 Å². The first-order chi connectivity index (χ1) is 13.0. The summed E-state index contributed by atoms with van der Waals surface area (Å²) in [5, 5.41) is 2.06. The van der Waals surface area contributed by atoms with Gasteiger partial charge in [0.15, 0.2) is 0 Å². The number of sulfonamides is 1. The highest BCUT2D eigenvalue weighted by Crippen LogP contribution is 2.29. The second-order valence-corrected chi connectivity index (χ2v) is 9.29. The third-order valence-corrected chi connectivity index (χ3v) is 7.46. The van der Waals surface area contributed by atoms with Crippen LogP contribution in [0.3, 0.4) is 0 Å². The minimum atomic E-state index is -3.62. The summed E-state index contributed by atoms with van der Waals surface area (Å²) in [7, 11) is -3.62. The monoisotopic (exact) mass is 383 g/mol. The lowest BCUT2D eigenvalue weighted by molar-refractivity contribution is 0.0827. The molecule has 0 saturated carbocycles. The van der Waals surface area contributed by atoms with Gasteiger partial charge in [0.1, 0.15) is 0 Å². The van der Waals surface area contributed by atoms with Gasteiger partial charge < -0.3 is 9.88 Å². The summed E-state index contributed by atoms with van der Waals surface area (Å²) in [4.78, 5) is 17.6. The van der Waals surface area contributed by atoms with Crippen LogP contribution in [-0.4, -0.2) is 44.0 Å². The number of benzene rings is 2. The Balaban J connectivity index is 1.57. The van der Waals surface area contributed by atoms with E-state index < -0.39 is 10.0 Å². The lowest BCUT2D eigenvalue weighted by atomic mass is 9.85. The van der Waals surface area contributed by atoms with Crippen molar-refractivity contribution >= 4 is 31.7 Å². The minimum absolute atomic E-state index is 0.0273. The van der Waals surface area contributed by atoms with Gasteiger partial charge in [-0.15, -0.1) is 0 Å². The number of hydrogen-bond acceptors (Lipinski definition) is 4. The van der Waals surface area contributed by atoms with Crippen molar-refractivity contribution in [3.05, 3.63) is 52.8 Å². The Bertz CT molecular complexity index is 1190. The van der Waals surface area contributed by atoms with Crippen molar-refractivity contribution in [2.45, 2.75) is 23.8 Å². The van der Waals surface area contributed by atoms with Crippen molar-refractivity contribution in [1.29, 1.82) is 0 Å². The van der Waals surface area contributed by atoms with Crippen molar-refractivity contribution in [2.75, 3.05) is 19.6 Å². The number of rotatable bonds is 3. The largest absolute Gasteiger partial charge is 0.321 e. The molecule has 3 aliphatic heterocycles. The van der Waals surface area contributed by atoms with Crippen LogP contribution in [0.25, 0.3) is 21.7 Å². The predicted octanol–water partition coefficient (Wildman–Crippen LogP) is 2.05. The topological polar surface area (TPSA) is 82.3 Å². The SMILES string of the molecule is O=c1[nH]c2ccc(S(=O)(=O)NC3CN4CCC3CC4)cc2c2ccccc12. The van der Waals surface area contributed by atoms with Crippen molar-refractivity contribution < 1.29 is 8.42 Å². The summed E-state index contributed by atoms with van der Waals surface area (Å²) < 4.78 is 29.0. The molecular weight excluding hydrogens is 362 g/mol. The highest BCUT2D eigenvalue weighted by atomic mass is 32.2. The first-order valence-corrected chi connectivity index (χ1v) is 10.8. The smallest absolute Gasteiger partial charge is 0.256 e. The summed E-state index contributed by atoms with van der Waals surface area (Å²) in [5.41, 5.74) is 0.472. The van der Waals surface area contributed by atoms with Crippen LogP contribution in [-0.2, 0) is 10.0 Å². The molecule has 0 aliphatic carbocycles. The molecule has 0 amide bonds. The standard InChI is InChI=1S/C20H21N3O3S/c24-20-16-4-2-1-3-15(16)17-11-14(5-6-18(17)21-20)27(25,26)22-19-12-23-9-7-13(19)8-10-23/h1-6,11,13,19,22H,7-10,12H2,(H,21,24). The second kappa shape index (κ2) is 6.15. The molecule has 1 aromatic heterocycles. The number of hydrogen-bond donors (Lipinski definition) is 2. The molecule has 6 nitrogen and oxygen atoms in total. The molecule has 2 aromatic carbocycles. The quantitative estimate of drug-likeness (QED) is 0.678. The van der Waals surface area contributed by atoms with Crippen LogP contribution in [0.5, 0.6) is 0 Å². The van der Waals surface area contributed by atoms with Gasteiger partial charge in [-0.25, -0.2) is 13.1 Å². The number of aromatic amines is 1. The van der Waals surface area contributed by atoms with E-state index in [-0.39, 0.29) is 16.5 Å². The summed E-state index contributed by atoms with van der Waals surface area (Å²) in [6.45, 7) is 2.92. The number of nitrogens with zero attached hydrogens (tertiary/aromatic N) is 1. The van der Waals surface area contributed by atoms with E-state index in [4.69, 9.17) is 0 Å². The number of pyridine rings is 1. The predicted molar refractivity (Wildman–Crippen MR) is 105 cm³/mol. The number of nitrogens with one attached hydrogen (secondary N) is 2. The third-order valence-electron chi connectivity index (χ3n) is 5.97. The number of fused-ring (bicyclic) bond motifs is 6. The van der Waals surface area contributed by atoms with Crippen LogP contribution in [0.4, 0.5) is 0 Å². The molecule has 2 bridgehead atoms. The van der Waals surface area contributed by atoms with Crippen LogP contribution in [0.1, 0.15) is 12.8 Å². The zero-order valence-electron chi connectivity index (χ0n) is 14.8. The maximum atomic E-state index is 13.0. The first-order valence-electron chi connectivity index (χ1n) is 9.31. The van der Waals surface area contributed by atoms with E-state index in [1.165, 1.54) is 0 Å². The van der Waals surface area contributed by atoms with Crippen LogP contribution >= 0.6 is 0 Å². The highest BCUT2D eigenvalue weighted by Gasteiger charge is 2.36. The van der Waals surface area contributed by atoms with Gasteiger partial charge in [-0.3, -0.25) is 4.79 Å². The van der Waals surface area contributed by atoms with Crippen molar-refractivity contribution in [3.63, 3.8) is 0 Å². The van der Waals surface area contributed by atoms with Crippen LogP contribution in [0, 0.1) is 5.92 Å². The molecule has 0 spiro atoms. The molecule has 27 heavy (non-hydrogen) atoms. The molecule has 6 rings (SSSR count). The molecule has 0 radical (unpaired) electrons. The van der Waals surface area contributed by atoms with E-state index in [0.717, 1.165) is 43.2 Å². The Labute approximate surface area is 157 Å². The van der Waals surface area contributed by atoms with Gasteiger partial charge in [-0.1, -0.05) is 18.2 Å². The highest BCUT2D eigenvalue weighted by molar-refractivity contribution is 7.89. The maximum absolute atomic E-state index is 13.0. The molecule has 3 fully saturated rings. The van der Waals surface area contributed by atoms with Crippen molar-refractivity contribution in [1.82, 2.24) is 14.6 Å². The molecule has 1 unspecified atom stereocenters. The van der Waals surface area contributed by atoms with Crippen LogP contribution in [0.2, 0.25) is 0 Å². The molecule has 140 valence electrons. The lowest BCUT2D eigenvalue weighted by Crippen LogP contribution is -2.57. The Morgan fingerprint density at radius 1 is 1.00 bits per heavy atom. The second-order valence-electron chi connectivity index (χ2n) is 7.57. The Morgan fingerprint density at radius 3 is 2.44 bits per heavy atom. The number of piperidine rings is 3. The molecule has 7 heteroatoms. The zero-order chi connectivity index (χ0) is 18.6. The van der Waals surface area contributed by atoms with Gasteiger partial charge in [-0.2, -0.15) is 0 Å². The fourth-order valence-corrected chi connectivity index (χ4v) is 5.82. The van der Waals surface area contributed by atoms with Gasteiger partial charge in [-0.05, 0) is 61.5 Å². The van der Waals surface area contributed by atoms with Crippen molar-refractivity contribution in [2.24, 2.45) is 5.92 Å². The molecule has 3 aliphatic rings. The lowest BCUT2D eigenvalue weighted by Gasteiger charge is -2.44. The number of aromatic nitrogens is 1. The fraction of sp³-hybridized carbons (Fsp3) is 0.350. The van der Waals surface area contributed by atoms with E-state index in [1.54, 1.807) is 30.3 Å².